The zero-order valence-corrected chi connectivity index (χ0v) is 20.7. The molecule has 3 aromatic rings. The van der Waals surface area contributed by atoms with Gasteiger partial charge >= 0.3 is 5.97 Å². The summed E-state index contributed by atoms with van der Waals surface area (Å²) in [5.41, 5.74) is 9.15. The molecular formula is C26H27ClFN3O5. The van der Waals surface area contributed by atoms with E-state index >= 15 is 0 Å². The van der Waals surface area contributed by atoms with Crippen LogP contribution >= 0.6 is 12.4 Å². The number of nitrogens with two attached hydrogens (primary N) is 1. The van der Waals surface area contributed by atoms with Crippen LogP contribution in [-0.4, -0.2) is 38.4 Å². The maximum atomic E-state index is 14.9. The number of aliphatic hydroxyl groups is 2. The molecule has 4 heterocycles. The fourth-order valence-electron chi connectivity index (χ4n) is 6.15. The number of aryl methyl sites for hydroxylation is 1. The zero-order valence-electron chi connectivity index (χ0n) is 19.9. The quantitative estimate of drug-likeness (QED) is 0.357. The summed E-state index contributed by atoms with van der Waals surface area (Å²) in [6.45, 7) is 3.23. The lowest BCUT2D eigenvalue weighted by atomic mass is 9.75. The summed E-state index contributed by atoms with van der Waals surface area (Å²) >= 11 is 0. The molecule has 0 fully saturated rings. The number of benzene rings is 1. The van der Waals surface area contributed by atoms with Gasteiger partial charge in [0.15, 0.2) is 5.60 Å². The highest BCUT2D eigenvalue weighted by atomic mass is 35.5. The standard InChI is InChI=1S/C26H26FN3O5.ClH/c1-3-26(34)16-6-20-23-14(8-30(20)24(32)15(16)10-35-25(26)33)21-13(18(28)9-31)5-4-12-11(2)17(27)7-19(29-23)22(12)21;/h6-7,13,18,31,34H,3-5,8-10,28H2,1-2H3;1H/t13-,18-,26+;/m1./s1. The van der Waals surface area contributed by atoms with Crippen LogP contribution in [0, 0.1) is 12.7 Å². The van der Waals surface area contributed by atoms with Crippen LogP contribution in [0.4, 0.5) is 4.39 Å². The minimum absolute atomic E-state index is 0. The molecule has 1 aliphatic carbocycles. The first kappa shape index (κ1) is 24.8. The van der Waals surface area contributed by atoms with E-state index in [0.29, 0.717) is 35.3 Å². The number of aliphatic hydroxyl groups excluding tert-OH is 1. The second kappa shape index (κ2) is 8.34. The number of esters is 1. The summed E-state index contributed by atoms with van der Waals surface area (Å²) in [7, 11) is 0. The number of ether oxygens (including phenoxy) is 1. The third kappa shape index (κ3) is 3.06. The smallest absolute Gasteiger partial charge is 0.343 e. The van der Waals surface area contributed by atoms with Crippen molar-refractivity contribution in [1.82, 2.24) is 9.55 Å². The predicted molar refractivity (Wildman–Crippen MR) is 133 cm³/mol. The number of aromatic nitrogens is 2. The van der Waals surface area contributed by atoms with Gasteiger partial charge in [0.1, 0.15) is 12.4 Å². The predicted octanol–water partition coefficient (Wildman–Crippen LogP) is 2.30. The normalized spacial score (nSPS) is 22.4. The Morgan fingerprint density at radius 3 is 2.75 bits per heavy atom. The molecule has 1 aromatic carbocycles. The summed E-state index contributed by atoms with van der Waals surface area (Å²) in [5.74, 6) is -1.32. The van der Waals surface area contributed by atoms with Gasteiger partial charge < -0.3 is 25.3 Å². The van der Waals surface area contributed by atoms with Crippen molar-refractivity contribution in [1.29, 1.82) is 0 Å². The Balaban J connectivity index is 0.00000267. The van der Waals surface area contributed by atoms with Crippen LogP contribution in [-0.2, 0) is 34.7 Å². The van der Waals surface area contributed by atoms with E-state index in [9.17, 15) is 24.2 Å². The number of cyclic esters (lactones) is 1. The van der Waals surface area contributed by atoms with E-state index in [1.54, 1.807) is 24.5 Å². The van der Waals surface area contributed by atoms with Crippen molar-refractivity contribution in [3.05, 3.63) is 61.7 Å². The number of hydrogen-bond donors (Lipinski definition) is 3. The molecule has 0 saturated heterocycles. The number of pyridine rings is 2. The Morgan fingerprint density at radius 1 is 1.31 bits per heavy atom. The summed E-state index contributed by atoms with van der Waals surface area (Å²) in [5, 5.41) is 21.8. The van der Waals surface area contributed by atoms with Crippen LogP contribution in [0.5, 0.6) is 0 Å². The first-order chi connectivity index (χ1) is 16.7. The van der Waals surface area contributed by atoms with Crippen molar-refractivity contribution in [2.45, 2.75) is 63.8 Å². The maximum Gasteiger partial charge on any atom is 0.343 e. The number of halogens is 2. The summed E-state index contributed by atoms with van der Waals surface area (Å²) in [6, 6.07) is 2.53. The highest BCUT2D eigenvalue weighted by Gasteiger charge is 2.46. The van der Waals surface area contributed by atoms with E-state index in [1.807, 2.05) is 0 Å². The van der Waals surface area contributed by atoms with Crippen LogP contribution < -0.4 is 11.3 Å². The number of nitrogens with zero attached hydrogens (tertiary/aromatic N) is 2. The molecule has 0 amide bonds. The van der Waals surface area contributed by atoms with E-state index in [4.69, 9.17) is 15.5 Å². The molecule has 3 aliphatic rings. The molecule has 36 heavy (non-hydrogen) atoms. The maximum absolute atomic E-state index is 14.9. The van der Waals surface area contributed by atoms with Gasteiger partial charge in [-0.25, -0.2) is 14.2 Å². The zero-order chi connectivity index (χ0) is 24.8. The van der Waals surface area contributed by atoms with Crippen LogP contribution in [0.25, 0.3) is 22.3 Å². The van der Waals surface area contributed by atoms with E-state index < -0.39 is 17.6 Å². The van der Waals surface area contributed by atoms with Gasteiger partial charge in [-0.2, -0.15) is 0 Å². The Kier molecular flexibility index (Phi) is 5.75. The summed E-state index contributed by atoms with van der Waals surface area (Å²) in [6.07, 6.45) is 1.31. The third-order valence-corrected chi connectivity index (χ3v) is 8.15. The lowest BCUT2D eigenvalue weighted by Crippen LogP contribution is -2.44. The largest absolute Gasteiger partial charge is 0.458 e. The number of rotatable bonds is 3. The Labute approximate surface area is 212 Å². The second-order valence-corrected chi connectivity index (χ2v) is 9.80. The number of fused-ring (bicyclic) bond motifs is 5. The van der Waals surface area contributed by atoms with Gasteiger partial charge in [0.25, 0.3) is 5.56 Å². The number of carbonyl (C=O) groups excluding carboxylic acids is 1. The van der Waals surface area contributed by atoms with Gasteiger partial charge in [-0.15, -0.1) is 12.4 Å². The van der Waals surface area contributed by atoms with Gasteiger partial charge in [0, 0.05) is 34.5 Å². The summed E-state index contributed by atoms with van der Waals surface area (Å²) in [4.78, 5) is 30.8. The molecule has 0 bridgehead atoms. The minimum Gasteiger partial charge on any atom is -0.458 e. The van der Waals surface area contributed by atoms with E-state index in [2.05, 4.69) is 0 Å². The lowest BCUT2D eigenvalue weighted by molar-refractivity contribution is -0.172. The van der Waals surface area contributed by atoms with E-state index in [-0.39, 0.29) is 67.0 Å². The summed E-state index contributed by atoms with van der Waals surface area (Å²) < 4.78 is 21.6. The van der Waals surface area contributed by atoms with Crippen molar-refractivity contribution < 1.29 is 24.1 Å². The third-order valence-electron chi connectivity index (χ3n) is 8.15. The highest BCUT2D eigenvalue weighted by Crippen LogP contribution is 2.47. The molecule has 0 unspecified atom stereocenters. The van der Waals surface area contributed by atoms with Gasteiger partial charge in [0.2, 0.25) is 0 Å². The Morgan fingerprint density at radius 2 is 2.06 bits per heavy atom. The molecule has 0 saturated carbocycles. The molecule has 3 atom stereocenters. The van der Waals surface area contributed by atoms with Crippen molar-refractivity contribution in [3.63, 3.8) is 0 Å². The lowest BCUT2D eigenvalue weighted by Gasteiger charge is -2.32. The number of carbonyl (C=O) groups is 1. The Bertz CT molecular complexity index is 1520. The molecule has 6 rings (SSSR count). The van der Waals surface area contributed by atoms with Gasteiger partial charge in [-0.05, 0) is 48.9 Å². The average Bonchev–Trinajstić information content (AvgIpc) is 3.23. The van der Waals surface area contributed by atoms with Crippen molar-refractivity contribution in [2.24, 2.45) is 5.73 Å². The SMILES string of the molecule is CC[C@@]1(O)C(=O)OCc2c1cc1n(c2=O)Cc2c-1nc1cc(F)c(C)c3c1c2[C@@H]([C@H](N)CO)CC3.Cl. The molecule has 4 N–H and O–H groups in total. The monoisotopic (exact) mass is 515 g/mol. The van der Waals surface area contributed by atoms with Crippen molar-refractivity contribution >= 4 is 29.3 Å². The molecule has 10 heteroatoms. The topological polar surface area (TPSA) is 128 Å². The first-order valence-electron chi connectivity index (χ1n) is 11.9. The van der Waals surface area contributed by atoms with Crippen LogP contribution in [0.2, 0.25) is 0 Å². The van der Waals surface area contributed by atoms with E-state index in [1.165, 1.54) is 6.07 Å². The van der Waals surface area contributed by atoms with Crippen molar-refractivity contribution in [2.75, 3.05) is 6.61 Å². The molecule has 2 aliphatic heterocycles. The molecule has 0 radical (unpaired) electrons. The highest BCUT2D eigenvalue weighted by molar-refractivity contribution is 5.93. The van der Waals surface area contributed by atoms with Crippen LogP contribution in [0.3, 0.4) is 0 Å². The fraction of sp³-hybridized carbons (Fsp3) is 0.423. The van der Waals surface area contributed by atoms with Crippen LogP contribution in [0.1, 0.15) is 59.1 Å². The van der Waals surface area contributed by atoms with Crippen LogP contribution in [0.15, 0.2) is 16.9 Å². The van der Waals surface area contributed by atoms with Gasteiger partial charge in [-0.1, -0.05) is 6.92 Å². The molecule has 2 aromatic heterocycles. The van der Waals surface area contributed by atoms with Gasteiger partial charge in [0.05, 0.1) is 35.6 Å². The molecule has 190 valence electrons. The molecule has 8 nitrogen and oxygen atoms in total. The Hall–Kier alpha value is -2.85. The molecule has 0 spiro atoms. The van der Waals surface area contributed by atoms with Gasteiger partial charge in [-0.3, -0.25) is 4.79 Å². The number of hydrogen-bond acceptors (Lipinski definition) is 7. The van der Waals surface area contributed by atoms with E-state index in [0.717, 1.165) is 22.1 Å². The first-order valence-corrected chi connectivity index (χ1v) is 11.9. The fourth-order valence-corrected chi connectivity index (χ4v) is 6.15. The average molecular weight is 516 g/mol. The minimum atomic E-state index is -1.92. The van der Waals surface area contributed by atoms with Crippen molar-refractivity contribution in [3.8, 4) is 11.4 Å². The second-order valence-electron chi connectivity index (χ2n) is 9.80. The molecular weight excluding hydrogens is 489 g/mol.